The molecule has 10 rings (SSSR count). The maximum absolute atomic E-state index is 13.9. The Morgan fingerprint density at radius 3 is 1.34 bits per heavy atom. The first kappa shape index (κ1) is 45.7. The van der Waals surface area contributed by atoms with Gasteiger partial charge in [0.25, 0.3) is 0 Å². The molecule has 8 aromatic rings. The van der Waals surface area contributed by atoms with Gasteiger partial charge in [-0.15, -0.1) is 0 Å². The Morgan fingerprint density at radius 1 is 0.559 bits per heavy atom. The van der Waals surface area contributed by atoms with E-state index in [4.69, 9.17) is 42.6 Å². The van der Waals surface area contributed by atoms with Crippen molar-refractivity contribution in [3.05, 3.63) is 165 Å². The van der Waals surface area contributed by atoms with Gasteiger partial charge in [0.05, 0.1) is 37.0 Å². The van der Waals surface area contributed by atoms with Gasteiger partial charge in [-0.25, -0.2) is 37.5 Å². The molecule has 0 bridgehead atoms. The van der Waals surface area contributed by atoms with Crippen LogP contribution in [0.3, 0.4) is 0 Å². The summed E-state index contributed by atoms with van der Waals surface area (Å²) in [6.07, 6.45) is 9.55. The number of imidazole rings is 2. The van der Waals surface area contributed by atoms with Crippen LogP contribution in [0.1, 0.15) is 58.3 Å². The van der Waals surface area contributed by atoms with E-state index in [0.29, 0.717) is 56.5 Å². The van der Waals surface area contributed by atoms with Crippen LogP contribution < -0.4 is 30.7 Å². The molecule has 348 valence electrons. The Balaban J connectivity index is 0.000000170. The Labute approximate surface area is 397 Å². The van der Waals surface area contributed by atoms with Crippen molar-refractivity contribution in [2.45, 2.75) is 37.5 Å². The van der Waals surface area contributed by atoms with Crippen LogP contribution >= 0.6 is 23.2 Å². The van der Waals surface area contributed by atoms with E-state index in [1.54, 1.807) is 74.6 Å². The Morgan fingerprint density at radius 2 is 0.985 bits per heavy atom. The lowest BCUT2D eigenvalue weighted by molar-refractivity contribution is 0.413. The number of halogens is 6. The molecule has 0 radical (unpaired) electrons. The fraction of sp³-hybridized carbons (Fsp3) is 0.208. The molecular weight excluding hydrogens is 924 g/mol. The van der Waals surface area contributed by atoms with E-state index in [1.165, 1.54) is 12.1 Å². The molecule has 2 atom stereocenters. The maximum atomic E-state index is 13.9. The first-order chi connectivity index (χ1) is 32.9. The van der Waals surface area contributed by atoms with Crippen LogP contribution in [0, 0.1) is 23.3 Å². The number of nitrogens with one attached hydrogen (secondary N) is 4. The third kappa shape index (κ3) is 9.28. The molecule has 0 saturated heterocycles. The predicted octanol–water partition coefficient (Wildman–Crippen LogP) is 10.9. The second-order valence-electron chi connectivity index (χ2n) is 15.8. The number of aromatic nitrogens is 8. The molecule has 4 aromatic heterocycles. The minimum absolute atomic E-state index is 0.149. The van der Waals surface area contributed by atoms with E-state index in [2.05, 4.69) is 41.2 Å². The number of anilines is 6. The van der Waals surface area contributed by atoms with Gasteiger partial charge >= 0.3 is 0 Å². The normalized spacial score (nSPS) is 14.7. The maximum Gasteiger partial charge on any atom is 0.229 e. The lowest BCUT2D eigenvalue weighted by atomic mass is 9.96. The van der Waals surface area contributed by atoms with Crippen LogP contribution in [0.25, 0.3) is 11.4 Å². The number of methoxy groups -OCH3 is 2. The second kappa shape index (κ2) is 19.4. The van der Waals surface area contributed by atoms with E-state index in [1.807, 2.05) is 36.4 Å². The van der Waals surface area contributed by atoms with Gasteiger partial charge in [0, 0.05) is 73.0 Å². The van der Waals surface area contributed by atoms with Crippen molar-refractivity contribution < 1.29 is 27.0 Å². The minimum atomic E-state index is -0.863. The summed E-state index contributed by atoms with van der Waals surface area (Å²) in [6.45, 7) is 0. The lowest BCUT2D eigenvalue weighted by Gasteiger charge is -2.16. The standard InChI is InChI=1S/2C24H21ClF2N6O/c2*1-28-23-16-6-5-15(13-3-7-17(26)18(27)9-13)22(16)31-24(32-23)30-14-4-8-19(20(10-14)34-2)33-11-21(25)29-12-33/h2*3-4,7-12,15H,5-6H2,1-2H3,(H2,28,30,31,32)/t2*15-/m10/s1. The molecule has 0 amide bonds. The zero-order chi connectivity index (χ0) is 47.6. The first-order valence-electron chi connectivity index (χ1n) is 21.3. The lowest BCUT2D eigenvalue weighted by Crippen LogP contribution is -2.08. The SMILES string of the molecule is CNc1nc(Nc2ccc(-n3cnc(Cl)c3)c(OC)c2)nc2c1CC[C@@H]2c1ccc(F)c(F)c1.CNc1nc(Nc2ccc(-n3cnc(Cl)c3)c(OC)c2)nc2c1CC[C@H]2c1ccc(F)c(F)c1. The van der Waals surface area contributed by atoms with E-state index in [0.717, 1.165) is 83.1 Å². The summed E-state index contributed by atoms with van der Waals surface area (Å²) in [6, 6.07) is 19.2. The number of fused-ring (bicyclic) bond motifs is 2. The summed E-state index contributed by atoms with van der Waals surface area (Å²) >= 11 is 11.9. The van der Waals surface area contributed by atoms with Crippen molar-refractivity contribution in [2.75, 3.05) is 49.6 Å². The average Bonchev–Trinajstić information content (AvgIpc) is 4.18. The molecule has 0 fully saturated rings. The van der Waals surface area contributed by atoms with Crippen molar-refractivity contribution >= 4 is 58.1 Å². The van der Waals surface area contributed by atoms with Crippen molar-refractivity contribution in [1.82, 2.24) is 39.0 Å². The number of ether oxygens (including phenoxy) is 2. The van der Waals surface area contributed by atoms with E-state index >= 15 is 0 Å². The van der Waals surface area contributed by atoms with Crippen LogP contribution in [0.15, 0.2) is 97.8 Å². The Bertz CT molecular complexity index is 2960. The van der Waals surface area contributed by atoms with Crippen LogP contribution in [0.2, 0.25) is 10.3 Å². The Hall–Kier alpha value is -7.44. The van der Waals surface area contributed by atoms with Crippen molar-refractivity contribution in [2.24, 2.45) is 0 Å². The highest BCUT2D eigenvalue weighted by atomic mass is 35.5. The molecule has 0 unspecified atom stereocenters. The van der Waals surface area contributed by atoms with Crippen LogP contribution in [-0.4, -0.2) is 67.4 Å². The van der Waals surface area contributed by atoms with Gasteiger partial charge < -0.3 is 39.9 Å². The number of hydrogen-bond acceptors (Lipinski definition) is 12. The summed E-state index contributed by atoms with van der Waals surface area (Å²) < 4.78 is 69.3. The molecule has 2 aliphatic rings. The molecule has 68 heavy (non-hydrogen) atoms. The van der Waals surface area contributed by atoms with Crippen LogP contribution in [0.5, 0.6) is 11.5 Å². The summed E-state index contributed by atoms with van der Waals surface area (Å²) in [5.74, 6) is -0.358. The molecule has 0 aliphatic heterocycles. The van der Waals surface area contributed by atoms with E-state index in [-0.39, 0.29) is 11.8 Å². The van der Waals surface area contributed by atoms with Gasteiger partial charge in [-0.2, -0.15) is 9.97 Å². The number of hydrogen-bond donors (Lipinski definition) is 4. The first-order valence-corrected chi connectivity index (χ1v) is 22.1. The average molecular weight is 966 g/mol. The second-order valence-corrected chi connectivity index (χ2v) is 16.6. The summed E-state index contributed by atoms with van der Waals surface area (Å²) in [4.78, 5) is 26.8. The third-order valence-electron chi connectivity index (χ3n) is 11.8. The summed E-state index contributed by atoms with van der Waals surface area (Å²) in [7, 11) is 6.76. The van der Waals surface area contributed by atoms with Crippen molar-refractivity contribution in [1.29, 1.82) is 0 Å². The molecule has 14 nitrogen and oxygen atoms in total. The minimum Gasteiger partial charge on any atom is -0.494 e. The van der Waals surface area contributed by atoms with Crippen molar-refractivity contribution in [3.63, 3.8) is 0 Å². The van der Waals surface area contributed by atoms with Crippen LogP contribution in [0.4, 0.5) is 52.5 Å². The van der Waals surface area contributed by atoms with Gasteiger partial charge in [-0.3, -0.25) is 0 Å². The van der Waals surface area contributed by atoms with Gasteiger partial charge in [0.1, 0.15) is 46.1 Å². The fourth-order valence-electron chi connectivity index (χ4n) is 8.61. The number of nitrogens with zero attached hydrogens (tertiary/aromatic N) is 8. The van der Waals surface area contributed by atoms with Crippen molar-refractivity contribution in [3.8, 4) is 22.9 Å². The van der Waals surface area contributed by atoms with Gasteiger partial charge in [-0.1, -0.05) is 35.3 Å². The molecule has 2 aliphatic carbocycles. The van der Waals surface area contributed by atoms with Gasteiger partial charge in [0.15, 0.2) is 23.3 Å². The fourth-order valence-corrected chi connectivity index (χ4v) is 8.91. The largest absolute Gasteiger partial charge is 0.494 e. The van der Waals surface area contributed by atoms with E-state index in [9.17, 15) is 17.6 Å². The quantitative estimate of drug-likeness (QED) is 0.0862. The Kier molecular flexibility index (Phi) is 13.1. The molecule has 4 N–H and O–H groups in total. The molecule has 4 heterocycles. The number of benzene rings is 4. The zero-order valence-corrected chi connectivity index (χ0v) is 38.4. The molecule has 20 heteroatoms. The zero-order valence-electron chi connectivity index (χ0n) is 36.9. The number of rotatable bonds is 12. The van der Waals surface area contributed by atoms with E-state index < -0.39 is 23.3 Å². The van der Waals surface area contributed by atoms with Crippen LogP contribution in [-0.2, 0) is 12.8 Å². The van der Waals surface area contributed by atoms with Gasteiger partial charge in [-0.05, 0) is 85.3 Å². The summed E-state index contributed by atoms with van der Waals surface area (Å²) in [5, 5.41) is 13.5. The topological polar surface area (TPSA) is 154 Å². The third-order valence-corrected chi connectivity index (χ3v) is 12.2. The molecule has 0 saturated carbocycles. The molecular formula is C48H42Cl2F4N12O2. The molecule has 0 spiro atoms. The molecule has 4 aromatic carbocycles. The highest BCUT2D eigenvalue weighted by Crippen LogP contribution is 2.43. The smallest absolute Gasteiger partial charge is 0.229 e. The summed E-state index contributed by atoms with van der Waals surface area (Å²) in [5.41, 5.74) is 7.92. The highest BCUT2D eigenvalue weighted by molar-refractivity contribution is 6.29. The monoisotopic (exact) mass is 964 g/mol. The predicted molar refractivity (Wildman–Crippen MR) is 253 cm³/mol. The van der Waals surface area contributed by atoms with Gasteiger partial charge in [0.2, 0.25) is 11.9 Å². The highest BCUT2D eigenvalue weighted by Gasteiger charge is 2.31.